The molecule has 0 spiro atoms. The van der Waals surface area contributed by atoms with Gasteiger partial charge in [-0.3, -0.25) is 14.9 Å². The molecule has 0 aromatic heterocycles. The van der Waals surface area contributed by atoms with Gasteiger partial charge < -0.3 is 4.74 Å². The van der Waals surface area contributed by atoms with Gasteiger partial charge in [0.15, 0.2) is 0 Å². The molecule has 1 N–H and O–H groups in total. The first kappa shape index (κ1) is 22.5. The second-order valence-electron chi connectivity index (χ2n) is 6.53. The lowest BCUT2D eigenvalue weighted by atomic mass is 10.1. The molecule has 3 aromatic rings. The molecule has 0 fully saturated rings. The minimum atomic E-state index is -4.56. The Bertz CT molecular complexity index is 1150. The van der Waals surface area contributed by atoms with E-state index in [2.05, 4.69) is 10.5 Å². The molecule has 164 valence electrons. The fourth-order valence-electron chi connectivity index (χ4n) is 2.66. The maximum Gasteiger partial charge on any atom is 0.416 e. The zero-order valence-corrected chi connectivity index (χ0v) is 16.4. The molecule has 0 bridgehead atoms. The molecule has 10 heteroatoms. The molecular formula is C22H16F3N3O4. The monoisotopic (exact) mass is 443 g/mol. The van der Waals surface area contributed by atoms with Crippen LogP contribution in [0.15, 0.2) is 77.9 Å². The molecule has 0 saturated heterocycles. The summed E-state index contributed by atoms with van der Waals surface area (Å²) in [6, 6.07) is 16.7. The highest BCUT2D eigenvalue weighted by atomic mass is 19.4. The second-order valence-corrected chi connectivity index (χ2v) is 6.53. The van der Waals surface area contributed by atoms with E-state index in [1.165, 1.54) is 24.4 Å². The number of carbonyl (C=O) groups excluding carboxylic acids is 1. The molecule has 3 aromatic carbocycles. The summed E-state index contributed by atoms with van der Waals surface area (Å²) in [4.78, 5) is 22.3. The third-order valence-electron chi connectivity index (χ3n) is 4.28. The molecule has 0 aliphatic heterocycles. The van der Waals surface area contributed by atoms with Crippen LogP contribution in [-0.2, 0) is 12.8 Å². The van der Waals surface area contributed by atoms with Gasteiger partial charge in [-0.15, -0.1) is 0 Å². The van der Waals surface area contributed by atoms with Gasteiger partial charge in [-0.25, -0.2) is 5.43 Å². The van der Waals surface area contributed by atoms with Crippen LogP contribution in [0, 0.1) is 10.1 Å². The van der Waals surface area contributed by atoms with Gasteiger partial charge in [-0.1, -0.05) is 18.2 Å². The van der Waals surface area contributed by atoms with Gasteiger partial charge in [0.2, 0.25) is 0 Å². The quantitative estimate of drug-likeness (QED) is 0.317. The number of nitro groups is 1. The van der Waals surface area contributed by atoms with E-state index < -0.39 is 22.6 Å². The van der Waals surface area contributed by atoms with Crippen LogP contribution in [0.5, 0.6) is 5.75 Å². The fraction of sp³-hybridized carbons (Fsp3) is 0.0909. The summed E-state index contributed by atoms with van der Waals surface area (Å²) < 4.78 is 44.1. The molecule has 0 unspecified atom stereocenters. The van der Waals surface area contributed by atoms with Crippen molar-refractivity contribution in [3.63, 3.8) is 0 Å². The van der Waals surface area contributed by atoms with E-state index in [0.29, 0.717) is 16.9 Å². The number of rotatable bonds is 7. The Labute approximate surface area is 180 Å². The lowest BCUT2D eigenvalue weighted by Gasteiger charge is -2.09. The molecule has 0 aliphatic rings. The Balaban J connectivity index is 1.64. The van der Waals surface area contributed by atoms with E-state index in [1.807, 2.05) is 0 Å². The van der Waals surface area contributed by atoms with Gasteiger partial charge >= 0.3 is 6.18 Å². The number of para-hydroxylation sites is 1. The Morgan fingerprint density at radius 2 is 1.78 bits per heavy atom. The number of hydrogen-bond donors (Lipinski definition) is 1. The first-order chi connectivity index (χ1) is 15.2. The lowest BCUT2D eigenvalue weighted by Crippen LogP contribution is -2.18. The fourth-order valence-corrected chi connectivity index (χ4v) is 2.66. The number of carbonyl (C=O) groups is 1. The van der Waals surface area contributed by atoms with E-state index >= 15 is 0 Å². The van der Waals surface area contributed by atoms with E-state index in [-0.39, 0.29) is 17.9 Å². The van der Waals surface area contributed by atoms with Gasteiger partial charge in [-0.2, -0.15) is 18.3 Å². The van der Waals surface area contributed by atoms with Crippen LogP contribution in [-0.4, -0.2) is 17.0 Å². The smallest absolute Gasteiger partial charge is 0.416 e. The molecule has 1 amide bonds. The molecule has 0 radical (unpaired) electrons. The van der Waals surface area contributed by atoms with Crippen molar-refractivity contribution in [2.75, 3.05) is 0 Å². The first-order valence-corrected chi connectivity index (χ1v) is 9.20. The molecule has 0 heterocycles. The van der Waals surface area contributed by atoms with Gasteiger partial charge in [-0.05, 0) is 48.0 Å². The number of benzene rings is 3. The second kappa shape index (κ2) is 9.73. The van der Waals surface area contributed by atoms with E-state index in [9.17, 15) is 28.1 Å². The van der Waals surface area contributed by atoms with Crippen LogP contribution in [0.1, 0.15) is 27.0 Å². The average molecular weight is 443 g/mol. The highest BCUT2D eigenvalue weighted by molar-refractivity contribution is 5.95. The number of amides is 1. The number of halogens is 3. The van der Waals surface area contributed by atoms with Gasteiger partial charge in [0.1, 0.15) is 12.4 Å². The van der Waals surface area contributed by atoms with Crippen molar-refractivity contribution in [3.05, 3.63) is 105 Å². The van der Waals surface area contributed by atoms with Crippen LogP contribution >= 0.6 is 0 Å². The Hall–Kier alpha value is -4.21. The Morgan fingerprint density at radius 3 is 2.47 bits per heavy atom. The predicted molar refractivity (Wildman–Crippen MR) is 110 cm³/mol. The van der Waals surface area contributed by atoms with Crippen molar-refractivity contribution in [1.82, 2.24) is 5.43 Å². The minimum absolute atomic E-state index is 0.0298. The summed E-state index contributed by atoms with van der Waals surface area (Å²) >= 11 is 0. The van der Waals surface area contributed by atoms with E-state index in [0.717, 1.165) is 18.2 Å². The number of nitrogens with zero attached hydrogens (tertiary/aromatic N) is 2. The van der Waals surface area contributed by atoms with Crippen molar-refractivity contribution < 1.29 is 27.6 Å². The molecular weight excluding hydrogens is 427 g/mol. The molecule has 0 atom stereocenters. The summed E-state index contributed by atoms with van der Waals surface area (Å²) in [5, 5.41) is 14.5. The van der Waals surface area contributed by atoms with Gasteiger partial charge in [0, 0.05) is 23.3 Å². The maximum atomic E-state index is 12.8. The Kier molecular flexibility index (Phi) is 6.83. The highest BCUT2D eigenvalue weighted by Gasteiger charge is 2.30. The average Bonchev–Trinajstić information content (AvgIpc) is 2.78. The van der Waals surface area contributed by atoms with Crippen molar-refractivity contribution >= 4 is 17.8 Å². The Morgan fingerprint density at radius 1 is 1.06 bits per heavy atom. The van der Waals surface area contributed by atoms with Crippen LogP contribution in [0.2, 0.25) is 0 Å². The van der Waals surface area contributed by atoms with Gasteiger partial charge in [0.05, 0.1) is 16.7 Å². The van der Waals surface area contributed by atoms with E-state index in [1.54, 1.807) is 36.4 Å². The number of hydrazone groups is 1. The van der Waals surface area contributed by atoms with Gasteiger partial charge in [0.25, 0.3) is 11.6 Å². The van der Waals surface area contributed by atoms with Crippen LogP contribution in [0.4, 0.5) is 18.9 Å². The van der Waals surface area contributed by atoms with Crippen LogP contribution < -0.4 is 10.2 Å². The lowest BCUT2D eigenvalue weighted by molar-refractivity contribution is -0.384. The topological polar surface area (TPSA) is 93.8 Å². The summed E-state index contributed by atoms with van der Waals surface area (Å²) in [6.45, 7) is 0.138. The van der Waals surface area contributed by atoms with Crippen molar-refractivity contribution in [3.8, 4) is 5.75 Å². The highest BCUT2D eigenvalue weighted by Crippen LogP contribution is 2.29. The van der Waals surface area contributed by atoms with Crippen molar-refractivity contribution in [2.24, 2.45) is 5.10 Å². The molecule has 32 heavy (non-hydrogen) atoms. The SMILES string of the molecule is O=C(N/N=C\c1ccccc1OCc1ccc([N+](=O)[O-])cc1)c1cccc(C(F)(F)F)c1. The number of alkyl halides is 3. The molecule has 0 aliphatic carbocycles. The number of hydrogen-bond acceptors (Lipinski definition) is 5. The third kappa shape index (κ3) is 5.91. The number of ether oxygens (including phenoxy) is 1. The molecule has 3 rings (SSSR count). The van der Waals surface area contributed by atoms with Crippen molar-refractivity contribution in [2.45, 2.75) is 12.8 Å². The van der Waals surface area contributed by atoms with E-state index in [4.69, 9.17) is 4.74 Å². The first-order valence-electron chi connectivity index (χ1n) is 9.20. The number of nitrogens with one attached hydrogen (secondary N) is 1. The number of nitro benzene ring substituents is 1. The summed E-state index contributed by atoms with van der Waals surface area (Å²) in [5.74, 6) is -0.362. The molecule has 0 saturated carbocycles. The van der Waals surface area contributed by atoms with Crippen molar-refractivity contribution in [1.29, 1.82) is 0 Å². The standard InChI is InChI=1S/C22H16F3N3O4/c23-22(24,25)18-6-3-5-16(12-18)21(29)27-26-13-17-4-1-2-7-20(17)32-14-15-8-10-19(11-9-15)28(30)31/h1-13H,14H2,(H,27,29)/b26-13-. The maximum absolute atomic E-state index is 12.8. The third-order valence-corrected chi connectivity index (χ3v) is 4.28. The normalized spacial score (nSPS) is 11.3. The van der Waals surface area contributed by atoms with Crippen LogP contribution in [0.3, 0.4) is 0 Å². The summed E-state index contributed by atoms with van der Waals surface area (Å²) in [6.07, 6.45) is -3.25. The summed E-state index contributed by atoms with van der Waals surface area (Å²) in [5.41, 5.74) is 2.27. The zero-order chi connectivity index (χ0) is 23.1. The minimum Gasteiger partial charge on any atom is -0.488 e. The number of non-ortho nitro benzene ring substituents is 1. The summed E-state index contributed by atoms with van der Waals surface area (Å²) in [7, 11) is 0. The molecule has 7 nitrogen and oxygen atoms in total. The predicted octanol–water partition coefficient (Wildman–Crippen LogP) is 4.96. The largest absolute Gasteiger partial charge is 0.488 e. The van der Waals surface area contributed by atoms with Crippen LogP contribution in [0.25, 0.3) is 0 Å². The zero-order valence-electron chi connectivity index (χ0n) is 16.4.